The van der Waals surface area contributed by atoms with E-state index in [-0.39, 0.29) is 16.2 Å². The van der Waals surface area contributed by atoms with Gasteiger partial charge in [-0.25, -0.2) is 0 Å². The molecule has 1 saturated carbocycles. The minimum atomic E-state index is -0.138. The number of rotatable bonds is 1. The summed E-state index contributed by atoms with van der Waals surface area (Å²) >= 11 is 0. The second-order valence-corrected chi connectivity index (χ2v) is 11.1. The van der Waals surface area contributed by atoms with Crippen LogP contribution in [0, 0.1) is 5.41 Å². The molecule has 1 aromatic carbocycles. The summed E-state index contributed by atoms with van der Waals surface area (Å²) in [6.07, 6.45) is 5.92. The Morgan fingerprint density at radius 2 is 1.34 bits per heavy atom. The third-order valence-electron chi connectivity index (χ3n) is 9.53. The molecule has 2 aromatic rings. The molecule has 2 unspecified atom stereocenters. The molecule has 2 atom stereocenters. The van der Waals surface area contributed by atoms with E-state index in [2.05, 4.69) is 53.8 Å². The lowest BCUT2D eigenvalue weighted by Crippen LogP contribution is -2.44. The molecule has 0 aliphatic heterocycles. The molecule has 5 rings (SSSR count). The highest BCUT2D eigenvalue weighted by molar-refractivity contribution is 6.55. The van der Waals surface area contributed by atoms with Gasteiger partial charge in [-0.05, 0) is 81.2 Å². The van der Waals surface area contributed by atoms with Crippen LogP contribution >= 0.6 is 0 Å². The Balaban J connectivity index is 1.79. The largest absolute Gasteiger partial charge is 0.256 e. The maximum atomic E-state index is 6.90. The third-order valence-corrected chi connectivity index (χ3v) is 9.53. The Kier molecular flexibility index (Phi) is 3.79. The summed E-state index contributed by atoms with van der Waals surface area (Å²) in [6.45, 7) is 13.7. The van der Waals surface area contributed by atoms with Crippen LogP contribution in [0.3, 0.4) is 0 Å². The first-order valence-corrected chi connectivity index (χ1v) is 10.9. The highest BCUT2D eigenvalue weighted by Gasteiger charge is 2.58. The van der Waals surface area contributed by atoms with Crippen LogP contribution in [0.5, 0.6) is 0 Å². The predicted molar refractivity (Wildman–Crippen MR) is 125 cm³/mol. The van der Waals surface area contributed by atoms with Crippen LogP contribution in [0.4, 0.5) is 0 Å². The fourth-order valence-corrected chi connectivity index (χ4v) is 6.65. The number of nitrogens with zero attached hydrogens (tertiary/aromatic N) is 1. The summed E-state index contributed by atoms with van der Waals surface area (Å²) in [4.78, 5) is 4.83. The van der Waals surface area contributed by atoms with Gasteiger partial charge in [-0.15, -0.1) is 0 Å². The summed E-state index contributed by atoms with van der Waals surface area (Å²) in [5.41, 5.74) is 8.56. The topological polar surface area (TPSA) is 12.9 Å². The molecule has 2 bridgehead atoms. The van der Waals surface area contributed by atoms with Crippen molar-refractivity contribution in [2.24, 2.45) is 5.41 Å². The molecule has 1 nitrogen and oxygen atoms in total. The molecular weight excluding hydrogens is 347 g/mol. The third kappa shape index (κ3) is 2.14. The lowest BCUT2D eigenvalue weighted by atomic mass is 9.58. The molecule has 4 heteroatoms. The molecule has 1 fully saturated rings. The first kappa shape index (κ1) is 19.5. The van der Waals surface area contributed by atoms with Crippen molar-refractivity contribution in [1.29, 1.82) is 0 Å². The normalized spacial score (nSPS) is 27.1. The van der Waals surface area contributed by atoms with Gasteiger partial charge < -0.3 is 0 Å². The van der Waals surface area contributed by atoms with E-state index in [9.17, 15) is 0 Å². The van der Waals surface area contributed by atoms with Crippen molar-refractivity contribution >= 4 is 39.9 Å². The molecule has 0 spiro atoms. The number of benzene rings is 1. The van der Waals surface area contributed by atoms with Crippen LogP contribution in [0.15, 0.2) is 12.3 Å². The summed E-state index contributed by atoms with van der Waals surface area (Å²) < 4.78 is 0. The molecule has 0 N–H and O–H groups in total. The zero-order chi connectivity index (χ0) is 21.1. The molecular formula is C25H28B3N. The van der Waals surface area contributed by atoms with Gasteiger partial charge in [0.15, 0.2) is 0 Å². The standard InChI is InChI=1S/C25H28B3N/c1-23(2)18-19(24(3,4)25(23,5)6)22(28)21(27)17(20(18)26)16-10-14-12-7-8-13(9-12)15(14)11-29-16/h10-13H,7-9H2,1-6H3. The van der Waals surface area contributed by atoms with Gasteiger partial charge in [0, 0.05) is 6.20 Å². The molecule has 1 heterocycles. The van der Waals surface area contributed by atoms with E-state index in [1.54, 1.807) is 0 Å². The van der Waals surface area contributed by atoms with E-state index < -0.39 is 0 Å². The van der Waals surface area contributed by atoms with Crippen molar-refractivity contribution in [3.8, 4) is 11.3 Å². The molecule has 29 heavy (non-hydrogen) atoms. The van der Waals surface area contributed by atoms with Crippen LogP contribution in [-0.4, -0.2) is 28.5 Å². The first-order chi connectivity index (χ1) is 13.4. The van der Waals surface area contributed by atoms with Gasteiger partial charge in [0.1, 0.15) is 23.5 Å². The van der Waals surface area contributed by atoms with Gasteiger partial charge in [0.05, 0.1) is 5.69 Å². The van der Waals surface area contributed by atoms with Gasteiger partial charge >= 0.3 is 0 Å². The van der Waals surface area contributed by atoms with Crippen molar-refractivity contribution in [3.05, 3.63) is 34.5 Å². The fourth-order valence-electron chi connectivity index (χ4n) is 6.65. The van der Waals surface area contributed by atoms with E-state index in [0.29, 0.717) is 22.8 Å². The molecule has 0 saturated heterocycles. The Morgan fingerprint density at radius 1 is 0.793 bits per heavy atom. The van der Waals surface area contributed by atoms with Gasteiger partial charge in [-0.2, -0.15) is 0 Å². The number of aromatic nitrogens is 1. The number of hydrogen-bond acceptors (Lipinski definition) is 1. The molecule has 142 valence electrons. The van der Waals surface area contributed by atoms with Crippen LogP contribution < -0.4 is 16.4 Å². The van der Waals surface area contributed by atoms with Gasteiger partial charge in [-0.1, -0.05) is 57.9 Å². The van der Waals surface area contributed by atoms with Crippen LogP contribution in [0.25, 0.3) is 11.3 Å². The molecule has 0 amide bonds. The molecule has 1 aromatic heterocycles. The quantitative estimate of drug-likeness (QED) is 0.699. The van der Waals surface area contributed by atoms with E-state index in [4.69, 9.17) is 28.5 Å². The molecule has 3 aliphatic carbocycles. The van der Waals surface area contributed by atoms with Crippen molar-refractivity contribution in [2.45, 2.75) is 83.5 Å². The number of pyridine rings is 1. The second-order valence-electron chi connectivity index (χ2n) is 11.1. The van der Waals surface area contributed by atoms with Crippen molar-refractivity contribution < 1.29 is 0 Å². The summed E-state index contributed by atoms with van der Waals surface area (Å²) in [5.74, 6) is 1.36. The Bertz CT molecular complexity index is 1060. The highest BCUT2D eigenvalue weighted by Crippen LogP contribution is 2.60. The van der Waals surface area contributed by atoms with Gasteiger partial charge in [0.2, 0.25) is 0 Å². The van der Waals surface area contributed by atoms with E-state index in [1.165, 1.54) is 30.4 Å². The lowest BCUT2D eigenvalue weighted by molar-refractivity contribution is 0.125. The van der Waals surface area contributed by atoms with Gasteiger partial charge in [0.25, 0.3) is 0 Å². The van der Waals surface area contributed by atoms with E-state index in [1.807, 2.05) is 0 Å². The second kappa shape index (κ2) is 5.62. The number of hydrogen-bond donors (Lipinski definition) is 0. The van der Waals surface area contributed by atoms with Crippen LogP contribution in [0.1, 0.15) is 94.9 Å². The minimum absolute atomic E-state index is 0.0276. The zero-order valence-electron chi connectivity index (χ0n) is 18.6. The van der Waals surface area contributed by atoms with Crippen molar-refractivity contribution in [2.75, 3.05) is 0 Å². The summed E-state index contributed by atoms with van der Waals surface area (Å²) in [6, 6.07) is 2.24. The fraction of sp³-hybridized carbons (Fsp3) is 0.560. The first-order valence-electron chi connectivity index (χ1n) is 10.9. The summed E-state index contributed by atoms with van der Waals surface area (Å²) in [5, 5.41) is 0. The van der Waals surface area contributed by atoms with Crippen LogP contribution in [-0.2, 0) is 10.8 Å². The predicted octanol–water partition coefficient (Wildman–Crippen LogP) is 3.09. The SMILES string of the molecule is [B]c1c([B])c2c(c([B])c1-c1cc3c(cn1)C1CCC3C1)C(C)(C)C(C)(C)C2(C)C. The minimum Gasteiger partial charge on any atom is -0.256 e. The van der Waals surface area contributed by atoms with E-state index >= 15 is 0 Å². The van der Waals surface area contributed by atoms with Crippen LogP contribution in [0.2, 0.25) is 0 Å². The van der Waals surface area contributed by atoms with Crippen molar-refractivity contribution in [3.63, 3.8) is 0 Å². The maximum absolute atomic E-state index is 6.90. The number of fused-ring (bicyclic) bond motifs is 6. The Morgan fingerprint density at radius 3 is 1.97 bits per heavy atom. The maximum Gasteiger partial charge on any atom is 0.115 e. The zero-order valence-corrected chi connectivity index (χ0v) is 18.6. The summed E-state index contributed by atoms with van der Waals surface area (Å²) in [7, 11) is 20.3. The molecule has 6 radical (unpaired) electrons. The average Bonchev–Trinajstić information content (AvgIpc) is 3.28. The monoisotopic (exact) mass is 375 g/mol. The smallest absolute Gasteiger partial charge is 0.115 e. The Hall–Kier alpha value is -1.44. The van der Waals surface area contributed by atoms with Gasteiger partial charge in [-0.3, -0.25) is 4.98 Å². The highest BCUT2D eigenvalue weighted by atomic mass is 14.7. The van der Waals surface area contributed by atoms with Crippen molar-refractivity contribution in [1.82, 2.24) is 4.98 Å². The average molecular weight is 375 g/mol. The molecule has 3 aliphatic rings. The lowest BCUT2D eigenvalue weighted by Gasteiger charge is -2.45. The Labute approximate surface area is 179 Å². The van der Waals surface area contributed by atoms with E-state index in [0.717, 1.165) is 27.8 Å².